The fourth-order valence-electron chi connectivity index (χ4n) is 2.13. The van der Waals surface area contributed by atoms with Gasteiger partial charge in [0.05, 0.1) is 0 Å². The molecule has 0 fully saturated rings. The molecule has 0 aliphatic carbocycles. The molecular formula is C16H16BrClFN. The highest BCUT2D eigenvalue weighted by Gasteiger charge is 2.12. The first-order valence-corrected chi connectivity index (χ1v) is 7.61. The van der Waals surface area contributed by atoms with E-state index in [1.54, 1.807) is 12.1 Å². The largest absolute Gasteiger partial charge is 0.316 e. The molecule has 1 N–H and O–H groups in total. The van der Waals surface area contributed by atoms with Crippen LogP contribution in [0.4, 0.5) is 4.39 Å². The molecular weight excluding hydrogens is 341 g/mol. The zero-order valence-electron chi connectivity index (χ0n) is 11.2. The molecule has 4 heteroatoms. The van der Waals surface area contributed by atoms with Crippen LogP contribution in [0.15, 0.2) is 46.9 Å². The Hall–Kier alpha value is -0.900. The third kappa shape index (κ3) is 4.30. The second-order valence-electron chi connectivity index (χ2n) is 4.76. The maximum atomic E-state index is 13.8. The Morgan fingerprint density at radius 3 is 2.45 bits per heavy atom. The molecule has 0 aliphatic heterocycles. The second-order valence-corrected chi connectivity index (χ2v) is 6.11. The van der Waals surface area contributed by atoms with E-state index < -0.39 is 0 Å². The van der Waals surface area contributed by atoms with Crippen LogP contribution in [0.2, 0.25) is 5.02 Å². The summed E-state index contributed by atoms with van der Waals surface area (Å²) in [6, 6.07) is 13.2. The summed E-state index contributed by atoms with van der Waals surface area (Å²) in [5, 5.41) is 3.67. The normalized spacial score (nSPS) is 12.4. The monoisotopic (exact) mass is 355 g/mol. The Kier molecular flexibility index (Phi) is 5.58. The van der Waals surface area contributed by atoms with Crippen LogP contribution in [0.1, 0.15) is 11.1 Å². The van der Waals surface area contributed by atoms with Crippen molar-refractivity contribution in [2.75, 3.05) is 7.05 Å². The third-order valence-electron chi connectivity index (χ3n) is 3.29. The van der Waals surface area contributed by atoms with E-state index in [-0.39, 0.29) is 11.9 Å². The molecule has 0 spiro atoms. The summed E-state index contributed by atoms with van der Waals surface area (Å²) < 4.78 is 14.9. The summed E-state index contributed by atoms with van der Waals surface area (Å²) in [6.45, 7) is 0. The van der Waals surface area contributed by atoms with Gasteiger partial charge in [-0.15, -0.1) is 0 Å². The van der Waals surface area contributed by atoms with Crippen molar-refractivity contribution in [2.45, 2.75) is 18.9 Å². The number of rotatable bonds is 5. The number of benzene rings is 2. The average molecular weight is 357 g/mol. The second kappa shape index (κ2) is 7.21. The Balaban J connectivity index is 2.07. The van der Waals surface area contributed by atoms with Gasteiger partial charge in [-0.2, -0.15) is 0 Å². The molecule has 0 saturated heterocycles. The van der Waals surface area contributed by atoms with E-state index in [2.05, 4.69) is 33.4 Å². The summed E-state index contributed by atoms with van der Waals surface area (Å²) in [7, 11) is 1.90. The molecule has 2 rings (SSSR count). The van der Waals surface area contributed by atoms with Gasteiger partial charge < -0.3 is 5.32 Å². The van der Waals surface area contributed by atoms with Gasteiger partial charge >= 0.3 is 0 Å². The standard InChI is InChI=1S/C16H16BrClFN/c1-20-15(8-11-2-5-13(17)6-3-11)9-12-4-7-14(18)10-16(12)19/h2-7,10,15,20H,8-9H2,1H3. The van der Waals surface area contributed by atoms with Crippen LogP contribution < -0.4 is 5.32 Å². The number of nitrogens with one attached hydrogen (secondary N) is 1. The molecule has 106 valence electrons. The van der Waals surface area contributed by atoms with Crippen LogP contribution in [-0.4, -0.2) is 13.1 Å². The lowest BCUT2D eigenvalue weighted by Crippen LogP contribution is -2.30. The van der Waals surface area contributed by atoms with E-state index in [0.29, 0.717) is 17.0 Å². The first kappa shape index (κ1) is 15.5. The SMILES string of the molecule is CNC(Cc1ccc(Br)cc1)Cc1ccc(Cl)cc1F. The highest BCUT2D eigenvalue weighted by molar-refractivity contribution is 9.10. The number of likely N-dealkylation sites (N-methyl/N-ethyl adjacent to an activating group) is 1. The van der Waals surface area contributed by atoms with Gasteiger partial charge in [0.25, 0.3) is 0 Å². The Morgan fingerprint density at radius 2 is 1.85 bits per heavy atom. The molecule has 20 heavy (non-hydrogen) atoms. The predicted octanol–water partition coefficient (Wildman–Crippen LogP) is 4.61. The zero-order chi connectivity index (χ0) is 14.5. The summed E-state index contributed by atoms with van der Waals surface area (Å²) in [5.74, 6) is -0.242. The van der Waals surface area contributed by atoms with Crippen molar-refractivity contribution < 1.29 is 4.39 Å². The van der Waals surface area contributed by atoms with Crippen molar-refractivity contribution in [1.82, 2.24) is 5.32 Å². The molecule has 1 unspecified atom stereocenters. The lowest BCUT2D eigenvalue weighted by atomic mass is 9.99. The third-order valence-corrected chi connectivity index (χ3v) is 4.05. The van der Waals surface area contributed by atoms with Crippen molar-refractivity contribution in [1.29, 1.82) is 0 Å². The van der Waals surface area contributed by atoms with E-state index in [1.807, 2.05) is 19.2 Å². The molecule has 1 nitrogen and oxygen atoms in total. The van der Waals surface area contributed by atoms with Crippen LogP contribution in [0.25, 0.3) is 0 Å². The van der Waals surface area contributed by atoms with E-state index in [0.717, 1.165) is 10.9 Å². The van der Waals surface area contributed by atoms with Crippen LogP contribution >= 0.6 is 27.5 Å². The van der Waals surface area contributed by atoms with Gasteiger partial charge in [0, 0.05) is 15.5 Å². The Morgan fingerprint density at radius 1 is 1.15 bits per heavy atom. The van der Waals surface area contributed by atoms with Crippen LogP contribution in [0.3, 0.4) is 0 Å². The zero-order valence-corrected chi connectivity index (χ0v) is 13.5. The van der Waals surface area contributed by atoms with Gasteiger partial charge in [-0.1, -0.05) is 45.7 Å². The highest BCUT2D eigenvalue weighted by Crippen LogP contribution is 2.18. The first-order valence-electron chi connectivity index (χ1n) is 6.44. The molecule has 0 saturated carbocycles. The number of halogens is 3. The summed E-state index contributed by atoms with van der Waals surface area (Å²) >= 11 is 9.19. The van der Waals surface area contributed by atoms with Crippen molar-refractivity contribution in [3.63, 3.8) is 0 Å². The molecule has 0 aliphatic rings. The molecule has 2 aromatic carbocycles. The van der Waals surface area contributed by atoms with Crippen LogP contribution in [0, 0.1) is 5.82 Å². The Labute approximate surface area is 132 Å². The van der Waals surface area contributed by atoms with E-state index in [4.69, 9.17) is 11.6 Å². The predicted molar refractivity (Wildman–Crippen MR) is 85.8 cm³/mol. The molecule has 0 bridgehead atoms. The molecule has 0 heterocycles. The van der Waals surface area contributed by atoms with Gasteiger partial charge in [0.2, 0.25) is 0 Å². The smallest absolute Gasteiger partial charge is 0.127 e. The van der Waals surface area contributed by atoms with Gasteiger partial charge in [0.1, 0.15) is 5.82 Å². The van der Waals surface area contributed by atoms with Crippen LogP contribution in [0.5, 0.6) is 0 Å². The van der Waals surface area contributed by atoms with E-state index in [9.17, 15) is 4.39 Å². The summed E-state index contributed by atoms with van der Waals surface area (Å²) in [5.41, 5.74) is 1.91. The molecule has 1 atom stereocenters. The lowest BCUT2D eigenvalue weighted by molar-refractivity contribution is 0.532. The lowest BCUT2D eigenvalue weighted by Gasteiger charge is -2.17. The molecule has 0 aromatic heterocycles. The minimum Gasteiger partial charge on any atom is -0.316 e. The minimum absolute atomic E-state index is 0.187. The maximum absolute atomic E-state index is 13.8. The number of hydrogen-bond donors (Lipinski definition) is 1. The van der Waals surface area contributed by atoms with Crippen molar-refractivity contribution >= 4 is 27.5 Å². The summed E-state index contributed by atoms with van der Waals surface area (Å²) in [6.07, 6.45) is 1.49. The fraction of sp³-hybridized carbons (Fsp3) is 0.250. The topological polar surface area (TPSA) is 12.0 Å². The van der Waals surface area contributed by atoms with Crippen molar-refractivity contribution in [3.05, 3.63) is 68.9 Å². The highest BCUT2D eigenvalue weighted by atomic mass is 79.9. The molecule has 0 radical (unpaired) electrons. The summed E-state index contributed by atoms with van der Waals surface area (Å²) in [4.78, 5) is 0. The van der Waals surface area contributed by atoms with Gasteiger partial charge in [-0.3, -0.25) is 0 Å². The van der Waals surface area contributed by atoms with Crippen LogP contribution in [-0.2, 0) is 12.8 Å². The van der Waals surface area contributed by atoms with Crippen molar-refractivity contribution in [2.24, 2.45) is 0 Å². The Bertz CT molecular complexity index is 571. The molecule has 0 amide bonds. The van der Waals surface area contributed by atoms with Crippen molar-refractivity contribution in [3.8, 4) is 0 Å². The van der Waals surface area contributed by atoms with Gasteiger partial charge in [-0.25, -0.2) is 4.39 Å². The fourth-order valence-corrected chi connectivity index (χ4v) is 2.56. The van der Waals surface area contributed by atoms with E-state index in [1.165, 1.54) is 11.6 Å². The maximum Gasteiger partial charge on any atom is 0.127 e. The minimum atomic E-state index is -0.242. The van der Waals surface area contributed by atoms with Gasteiger partial charge in [0.15, 0.2) is 0 Å². The first-order chi connectivity index (χ1) is 9.58. The van der Waals surface area contributed by atoms with Gasteiger partial charge in [-0.05, 0) is 55.3 Å². The molecule has 2 aromatic rings. The quantitative estimate of drug-likeness (QED) is 0.824. The van der Waals surface area contributed by atoms with E-state index >= 15 is 0 Å². The average Bonchev–Trinajstić information content (AvgIpc) is 2.43. The number of hydrogen-bond acceptors (Lipinski definition) is 1.